The fourth-order valence-electron chi connectivity index (χ4n) is 3.64. The molecule has 1 amide bonds. The minimum Gasteiger partial charge on any atom is -0.309 e. The van der Waals surface area contributed by atoms with Crippen molar-refractivity contribution in [3.8, 4) is 5.69 Å². The van der Waals surface area contributed by atoms with Crippen molar-refractivity contribution in [1.82, 2.24) is 20.2 Å². The van der Waals surface area contributed by atoms with Crippen LogP contribution in [0.4, 0.5) is 11.4 Å². The Morgan fingerprint density at radius 3 is 2.77 bits per heavy atom. The number of nitrogens with zero attached hydrogens (tertiary/aromatic N) is 5. The highest BCUT2D eigenvalue weighted by atomic mass is 32.2. The Bertz CT molecular complexity index is 1220. The molecule has 0 fully saturated rings. The summed E-state index contributed by atoms with van der Waals surface area (Å²) in [5.41, 5.74) is 2.64. The molecule has 2 aromatic carbocycles. The van der Waals surface area contributed by atoms with E-state index in [1.807, 2.05) is 13.2 Å². The number of anilines is 2. The Hall–Kier alpha value is -2.92. The summed E-state index contributed by atoms with van der Waals surface area (Å²) < 4.78 is 30.1. The van der Waals surface area contributed by atoms with Crippen LogP contribution in [-0.2, 0) is 21.2 Å². The number of fused-ring (bicyclic) bond motifs is 1. The number of thioether (sulfide) groups is 1. The van der Waals surface area contributed by atoms with Gasteiger partial charge in [-0.05, 0) is 72.0 Å². The quantitative estimate of drug-likeness (QED) is 0.602. The first kappa shape index (κ1) is 20.4. The zero-order chi connectivity index (χ0) is 21.5. The van der Waals surface area contributed by atoms with Crippen LogP contribution in [0.3, 0.4) is 0 Å². The smallest absolute Gasteiger partial charge is 0.261 e. The highest BCUT2D eigenvalue weighted by Gasteiger charge is 2.30. The van der Waals surface area contributed by atoms with Crippen LogP contribution >= 0.6 is 11.8 Å². The topological polar surface area (TPSA) is 110 Å². The van der Waals surface area contributed by atoms with Gasteiger partial charge in [0.15, 0.2) is 0 Å². The molecule has 0 bridgehead atoms. The number of carbonyl (C=O) groups excluding carboxylic acids is 1. The first-order valence-electron chi connectivity index (χ1n) is 9.18. The van der Waals surface area contributed by atoms with Crippen LogP contribution in [0.25, 0.3) is 5.69 Å². The molecular formula is C19H20N6O3S2. The van der Waals surface area contributed by atoms with E-state index in [4.69, 9.17) is 0 Å². The normalized spacial score (nSPS) is 15.8. The van der Waals surface area contributed by atoms with Gasteiger partial charge in [0.05, 0.1) is 16.3 Å². The number of hydrogen-bond acceptors (Lipinski definition) is 7. The molecule has 0 saturated heterocycles. The molecule has 0 aliphatic carbocycles. The van der Waals surface area contributed by atoms with Crippen LogP contribution in [0.5, 0.6) is 0 Å². The van der Waals surface area contributed by atoms with Gasteiger partial charge in [0.25, 0.3) is 10.0 Å². The molecule has 30 heavy (non-hydrogen) atoms. The first-order valence-corrected chi connectivity index (χ1v) is 11.9. The molecule has 1 aliphatic rings. The van der Waals surface area contributed by atoms with Crippen LogP contribution in [0.15, 0.2) is 52.5 Å². The van der Waals surface area contributed by atoms with E-state index in [9.17, 15) is 13.2 Å². The summed E-state index contributed by atoms with van der Waals surface area (Å²) in [6.45, 7) is 3.46. The molecule has 0 radical (unpaired) electrons. The highest BCUT2D eigenvalue weighted by molar-refractivity contribution is 7.98. The summed E-state index contributed by atoms with van der Waals surface area (Å²) in [6, 6.07) is 11.7. The van der Waals surface area contributed by atoms with Gasteiger partial charge in [-0.1, -0.05) is 17.8 Å². The molecule has 0 saturated carbocycles. The maximum Gasteiger partial charge on any atom is 0.261 e. The van der Waals surface area contributed by atoms with Gasteiger partial charge in [0.2, 0.25) is 11.1 Å². The summed E-state index contributed by atoms with van der Waals surface area (Å²) in [5, 5.41) is 12.1. The van der Waals surface area contributed by atoms with E-state index in [1.54, 1.807) is 41.3 Å². The lowest BCUT2D eigenvalue weighted by Gasteiger charge is -2.20. The molecule has 1 aromatic heterocycles. The van der Waals surface area contributed by atoms with E-state index in [0.717, 1.165) is 11.3 Å². The number of aromatic nitrogens is 4. The van der Waals surface area contributed by atoms with Gasteiger partial charge in [0, 0.05) is 18.7 Å². The zero-order valence-corrected chi connectivity index (χ0v) is 18.2. The number of rotatable bonds is 5. The summed E-state index contributed by atoms with van der Waals surface area (Å²) in [5.74, 6) is -0.0565. The van der Waals surface area contributed by atoms with Crippen LogP contribution in [0.1, 0.15) is 19.4 Å². The third-order valence-electron chi connectivity index (χ3n) is 4.88. The number of tetrazole rings is 1. The van der Waals surface area contributed by atoms with E-state index in [0.29, 0.717) is 23.0 Å². The lowest BCUT2D eigenvalue weighted by atomic mass is 10.1. The van der Waals surface area contributed by atoms with Gasteiger partial charge >= 0.3 is 0 Å². The van der Waals surface area contributed by atoms with E-state index in [1.165, 1.54) is 29.4 Å². The van der Waals surface area contributed by atoms with Gasteiger partial charge in [-0.2, -0.15) is 4.68 Å². The Labute approximate surface area is 178 Å². The summed E-state index contributed by atoms with van der Waals surface area (Å²) in [6.07, 6.45) is 2.47. The molecule has 1 aliphatic heterocycles. The van der Waals surface area contributed by atoms with Crippen LogP contribution < -0.4 is 9.62 Å². The van der Waals surface area contributed by atoms with Crippen LogP contribution in [0, 0.1) is 0 Å². The van der Waals surface area contributed by atoms with E-state index < -0.39 is 10.0 Å². The summed E-state index contributed by atoms with van der Waals surface area (Å²) in [4.78, 5) is 13.7. The average Bonchev–Trinajstić information content (AvgIpc) is 3.30. The Morgan fingerprint density at radius 2 is 2.03 bits per heavy atom. The fourth-order valence-corrected chi connectivity index (χ4v) is 5.17. The molecule has 9 nitrogen and oxygen atoms in total. The molecule has 1 N–H and O–H groups in total. The van der Waals surface area contributed by atoms with E-state index in [2.05, 4.69) is 20.2 Å². The van der Waals surface area contributed by atoms with Crippen molar-refractivity contribution >= 4 is 39.1 Å². The van der Waals surface area contributed by atoms with E-state index in [-0.39, 0.29) is 16.8 Å². The Morgan fingerprint density at radius 1 is 1.23 bits per heavy atom. The number of hydrogen-bond donors (Lipinski definition) is 1. The molecule has 4 rings (SSSR count). The Balaban J connectivity index is 1.63. The van der Waals surface area contributed by atoms with Crippen LogP contribution in [-0.4, -0.2) is 46.8 Å². The second-order valence-electron chi connectivity index (χ2n) is 6.97. The van der Waals surface area contributed by atoms with Gasteiger partial charge in [-0.3, -0.25) is 9.52 Å². The lowest BCUT2D eigenvalue weighted by Crippen LogP contribution is -2.33. The Kier molecular flexibility index (Phi) is 5.24. The van der Waals surface area contributed by atoms with Gasteiger partial charge in [-0.15, -0.1) is 5.10 Å². The molecule has 11 heteroatoms. The zero-order valence-electron chi connectivity index (χ0n) is 16.6. The van der Waals surface area contributed by atoms with Crippen molar-refractivity contribution in [1.29, 1.82) is 0 Å². The molecule has 1 atom stereocenters. The fraction of sp³-hybridized carbons (Fsp3) is 0.263. The number of benzene rings is 2. The molecule has 3 aromatic rings. The van der Waals surface area contributed by atoms with Crippen molar-refractivity contribution in [2.24, 2.45) is 0 Å². The third-order valence-corrected chi connectivity index (χ3v) is 6.88. The number of carbonyl (C=O) groups is 1. The molecule has 156 valence electrons. The lowest BCUT2D eigenvalue weighted by molar-refractivity contribution is -0.116. The van der Waals surface area contributed by atoms with Crippen molar-refractivity contribution in [3.63, 3.8) is 0 Å². The predicted molar refractivity (Wildman–Crippen MR) is 115 cm³/mol. The standard InChI is InChI=1S/C19H20N6O3S2/c1-12-9-14-10-17(7-8-18(14)24(12)13(2)26)30(27,28)21-15-5-4-6-16(11-15)25-19(29-3)20-22-23-25/h4-8,10-12,21H,9H2,1-3H3/t12-/m0/s1. The monoisotopic (exact) mass is 444 g/mol. The maximum absolute atomic E-state index is 13.0. The minimum atomic E-state index is -3.81. The van der Waals surface area contributed by atoms with Crippen molar-refractivity contribution in [2.45, 2.75) is 36.4 Å². The van der Waals surface area contributed by atoms with Gasteiger partial charge < -0.3 is 4.90 Å². The SMILES string of the molecule is CSc1nnnn1-c1cccc(NS(=O)(=O)c2ccc3c(c2)C[C@H](C)N3C(C)=O)c1. The molecular weight excluding hydrogens is 424 g/mol. The summed E-state index contributed by atoms with van der Waals surface area (Å²) in [7, 11) is -3.81. The van der Waals surface area contributed by atoms with Crippen molar-refractivity contribution in [3.05, 3.63) is 48.0 Å². The van der Waals surface area contributed by atoms with Gasteiger partial charge in [-0.25, -0.2) is 8.42 Å². The molecule has 2 heterocycles. The minimum absolute atomic E-state index is 0.00187. The van der Waals surface area contributed by atoms with Gasteiger partial charge in [0.1, 0.15) is 0 Å². The number of nitrogens with one attached hydrogen (secondary N) is 1. The maximum atomic E-state index is 13.0. The van der Waals surface area contributed by atoms with E-state index >= 15 is 0 Å². The second kappa shape index (κ2) is 7.73. The summed E-state index contributed by atoms with van der Waals surface area (Å²) >= 11 is 1.39. The molecule has 0 spiro atoms. The third kappa shape index (κ3) is 3.65. The van der Waals surface area contributed by atoms with Crippen molar-refractivity contribution < 1.29 is 13.2 Å². The van der Waals surface area contributed by atoms with Crippen LogP contribution in [0.2, 0.25) is 0 Å². The largest absolute Gasteiger partial charge is 0.309 e. The first-order chi connectivity index (χ1) is 14.3. The average molecular weight is 445 g/mol. The highest BCUT2D eigenvalue weighted by Crippen LogP contribution is 2.34. The van der Waals surface area contributed by atoms with Crippen molar-refractivity contribution in [2.75, 3.05) is 15.9 Å². The number of amides is 1. The molecule has 0 unspecified atom stereocenters. The predicted octanol–water partition coefficient (Wildman–Crippen LogP) is 2.48. The second-order valence-corrected chi connectivity index (χ2v) is 9.42. The number of sulfonamides is 1.